The van der Waals surface area contributed by atoms with E-state index in [-0.39, 0.29) is 105 Å². The van der Waals surface area contributed by atoms with Crippen molar-refractivity contribution in [1.29, 1.82) is 0 Å². The molecule has 0 radical (unpaired) electrons. The number of nitrogens with zero attached hydrogens (tertiary/aromatic N) is 6. The molecule has 17 N–H and O–H groups in total. The molecule has 0 spiro atoms. The highest BCUT2D eigenvalue weighted by Crippen LogP contribution is 2.16. The molecule has 3 rings (SSSR count). The lowest BCUT2D eigenvalue weighted by atomic mass is 10.1. The fourth-order valence-electron chi connectivity index (χ4n) is 9.83. The quantitative estimate of drug-likeness (QED) is 0.00556. The number of hydrogen-bond donors (Lipinski definition) is 17. The van der Waals surface area contributed by atoms with E-state index in [2.05, 4.69) is 85.2 Å². The van der Waals surface area contributed by atoms with Gasteiger partial charge in [0.25, 0.3) is 0 Å². The molecule has 0 saturated carbocycles. The van der Waals surface area contributed by atoms with Gasteiger partial charge in [-0.1, -0.05) is 84.2 Å². The molecule has 3 aromatic rings. The Labute approximate surface area is 796 Å². The van der Waals surface area contributed by atoms with E-state index >= 15 is 0 Å². The average Bonchev–Trinajstić information content (AvgIpc) is 1.50. The van der Waals surface area contributed by atoms with Gasteiger partial charge < -0.3 is 126 Å². The number of aliphatic hydroxyl groups excluding tert-OH is 3. The maximum absolute atomic E-state index is 12.1. The smallest absolute Gasteiger partial charge is 0.361 e. The third-order valence-corrected chi connectivity index (χ3v) is 17.4. The van der Waals surface area contributed by atoms with E-state index in [1.54, 1.807) is 36.6 Å². The Balaban J connectivity index is -0.000000679. The number of aromatic nitrogens is 3. The number of ether oxygens (including phenoxy) is 8. The van der Waals surface area contributed by atoms with Crippen LogP contribution in [-0.2, 0) is 102 Å². The molecule has 131 heavy (non-hydrogen) atoms. The molecule has 1 aromatic heterocycles. The second-order valence-electron chi connectivity index (χ2n) is 27.1. The number of urea groups is 2. The van der Waals surface area contributed by atoms with Gasteiger partial charge in [0.05, 0.1) is 38.3 Å². The van der Waals surface area contributed by atoms with Crippen molar-refractivity contribution in [2.45, 2.75) is 211 Å². The molecule has 736 valence electrons. The highest BCUT2D eigenvalue weighted by molar-refractivity contribution is 7.81. The van der Waals surface area contributed by atoms with Crippen molar-refractivity contribution >= 4 is 178 Å². The molecule has 51 heteroatoms. The maximum atomic E-state index is 12.1. The van der Waals surface area contributed by atoms with Crippen molar-refractivity contribution in [1.82, 2.24) is 57.5 Å². The molecule has 0 saturated heterocycles. The van der Waals surface area contributed by atoms with E-state index in [1.165, 1.54) is 32.4 Å². The van der Waals surface area contributed by atoms with Gasteiger partial charge in [-0.15, -0.1) is 11.5 Å². The number of carboxylic acid groups (broad SMARTS) is 6. The number of rotatable bonds is 62. The second-order valence-corrected chi connectivity index (χ2v) is 27.9. The lowest BCUT2D eigenvalue weighted by Gasteiger charge is -2.18. The number of aliphatic hydroxyl groups is 3. The number of aliphatic carboxylic acids is 6. The Bertz CT molecular complexity index is 4050. The van der Waals surface area contributed by atoms with E-state index in [9.17, 15) is 82.4 Å². The number of carboxylic acids is 6. The molecule has 0 bridgehead atoms. The maximum Gasteiger partial charge on any atom is 0.361 e. The summed E-state index contributed by atoms with van der Waals surface area (Å²) in [6.45, 7) is 10.7. The van der Waals surface area contributed by atoms with Gasteiger partial charge in [0.15, 0.2) is 12.2 Å². The molecule has 0 aliphatic heterocycles. The van der Waals surface area contributed by atoms with Crippen LogP contribution in [0.4, 0.5) is 15.3 Å². The van der Waals surface area contributed by atoms with Crippen molar-refractivity contribution in [2.75, 3.05) is 85.6 Å². The summed E-state index contributed by atoms with van der Waals surface area (Å²) in [6, 6.07) is 6.69. The van der Waals surface area contributed by atoms with Gasteiger partial charge >= 0.3 is 71.8 Å². The first-order chi connectivity index (χ1) is 60.5. The number of nitrogens with one attached hydrogen (secondary N) is 8. The molecule has 45 nitrogen and oxygen atoms in total. The van der Waals surface area contributed by atoms with E-state index in [0.29, 0.717) is 157 Å². The van der Waals surface area contributed by atoms with Crippen LogP contribution in [0.5, 0.6) is 0 Å². The van der Waals surface area contributed by atoms with E-state index in [1.807, 2.05) is 30.2 Å². The summed E-state index contributed by atoms with van der Waals surface area (Å²) in [5.41, 5.74) is 11.7. The number of thiocarbonyl (C=S) groups is 2. The molecule has 8 atom stereocenters. The van der Waals surface area contributed by atoms with Gasteiger partial charge in [-0.05, 0) is 147 Å². The van der Waals surface area contributed by atoms with Crippen LogP contribution in [0.1, 0.15) is 173 Å². The van der Waals surface area contributed by atoms with Gasteiger partial charge in [0.2, 0.25) is 11.8 Å². The molecular formula is C80H124N14O31S6. The summed E-state index contributed by atoms with van der Waals surface area (Å²) in [5.74, 6) is -9.68. The number of hydrogen-bond acceptors (Lipinski definition) is 30. The molecule has 0 aliphatic rings. The number of carbonyl (C=O) groups excluding carboxylic acids is 8. The number of azide groups is 1. The first kappa shape index (κ1) is 129. The standard InChI is InChI=1S/C39H57N7O15S.C30H45N7O10S.C8H10O5.C3H4O.4H2S/c1-25(47)37(55)61-26(2)38(56)60-24-28-23-46(45-44-28)29-13-11-27(12-14-29)34(62)41-18-8-20-59-22-21-58-19-7-3-4-10-32(48)40-17-6-5-9-30(35(51)52)42-39(57)43-31(36(53)54)15-16-33(49)50;31-37-36-22-11-9-21(10-12-22)27(48)33-16-6-18-47-20-19-46-17-5-1-2-8-25(38)32-15-4-3-7-23(28(41)42)34-30(45)35-24(29(43)44)13-14-26(39)40;1-4-12-8(11)6(3)13-7(10)5(2)9;1-2-3-4;;;;/h11-14,23,25-26,30-31,47H,3-10,15-22,24H2,1-2H3,(H,40,48)(H,41,62)(H,49,50)(H,51,52)(H,53,54)(H2,42,43,57);9-12,23-24H,1-8,13-20H2,(H,32,38)(H,33,48)(H,39,40)(H,41,42)(H,43,44)(H2,34,35,45);1,5-6,9H,2-3H3;1,4H,3H2;4*1H2/t25?,26?,30-,31-;23-,24-;;;;;;/m00....../s1. The van der Waals surface area contributed by atoms with E-state index in [4.69, 9.17) is 89.0 Å². The van der Waals surface area contributed by atoms with E-state index < -0.39 is 133 Å². The summed E-state index contributed by atoms with van der Waals surface area (Å²) < 4.78 is 42.4. The number of amides is 6. The number of benzene rings is 2. The summed E-state index contributed by atoms with van der Waals surface area (Å²) in [7, 11) is 0. The average molecular weight is 1970 g/mol. The van der Waals surface area contributed by atoms with Gasteiger partial charge in [0, 0.05) is 100 Å². The fraction of sp³-hybridized carbons (Fsp3) is 0.575. The normalized spacial score (nSPS) is 11.9. The topological polar surface area (TPSA) is 671 Å². The Morgan fingerprint density at radius 2 is 0.832 bits per heavy atom. The third kappa shape index (κ3) is 67.0. The molecule has 6 amide bonds. The number of esters is 4. The fourth-order valence-corrected chi connectivity index (χ4v) is 10.3. The highest BCUT2D eigenvalue weighted by Gasteiger charge is 2.28. The lowest BCUT2D eigenvalue weighted by molar-refractivity contribution is -0.172. The van der Waals surface area contributed by atoms with Crippen molar-refractivity contribution < 1.29 is 151 Å². The minimum atomic E-state index is -1.49. The highest BCUT2D eigenvalue weighted by atomic mass is 32.1. The van der Waals surface area contributed by atoms with E-state index in [0.717, 1.165) is 49.7 Å². The minimum Gasteiger partial charge on any atom is -0.481 e. The Hall–Kier alpha value is -10.9. The predicted molar refractivity (Wildman–Crippen MR) is 499 cm³/mol. The molecule has 2 aromatic carbocycles. The first-order valence-corrected chi connectivity index (χ1v) is 41.0. The van der Waals surface area contributed by atoms with Gasteiger partial charge in [-0.3, -0.25) is 19.2 Å². The van der Waals surface area contributed by atoms with Crippen LogP contribution < -0.4 is 42.5 Å². The third-order valence-electron chi connectivity index (χ3n) is 16.6. The van der Waals surface area contributed by atoms with Gasteiger partial charge in [-0.2, -0.15) is 54.0 Å². The summed E-state index contributed by atoms with van der Waals surface area (Å²) in [6.07, 6.45) is 14.4. The SMILES string of the molecule is C#CCO.C#COC(=O)C(C)OC(=O)C(C)O.CC(O)C(=O)OC(C)C(=O)OCc1cn(-c2ccc(C(=S)NCCCOCCOCCCCCC(=O)NCCCC[C@H](NC(=O)N[C@@H](CCC(=O)O)C(=O)O)C(=O)O)cc2)nn1.S.S.S.S.[N-]=[N+]=Nc1ccc(C(=S)NCCCOCCOCCCCCC(=O)NCCCC[C@H](NC(=O)N[C@@H](CCC(=O)O)C(=O)O)C(=O)O)cc1. The Kier molecular flexibility index (Phi) is 78.5. The first-order valence-electron chi connectivity index (χ1n) is 40.2. The zero-order valence-corrected chi connectivity index (χ0v) is 78.7. The zero-order chi connectivity index (χ0) is 95.3. The summed E-state index contributed by atoms with van der Waals surface area (Å²) in [5, 5.41) is 112. The molecule has 0 aliphatic carbocycles. The number of unbranched alkanes of at least 4 members (excludes halogenated alkanes) is 6. The number of carbonyl (C=O) groups is 14. The van der Waals surface area contributed by atoms with Crippen molar-refractivity contribution in [3.05, 3.63) is 82.0 Å². The van der Waals surface area contributed by atoms with Crippen LogP contribution in [0.15, 0.2) is 59.8 Å². The van der Waals surface area contributed by atoms with Gasteiger partial charge in [0.1, 0.15) is 71.4 Å². The van der Waals surface area contributed by atoms with Crippen molar-refractivity contribution in [3.63, 3.8) is 0 Å². The van der Waals surface area contributed by atoms with Gasteiger partial charge in [-0.25, -0.2) is 52.6 Å². The largest absolute Gasteiger partial charge is 0.481 e. The summed E-state index contributed by atoms with van der Waals surface area (Å²) >= 11 is 10.9. The predicted octanol–water partition coefficient (Wildman–Crippen LogP) is 3.96. The zero-order valence-electron chi connectivity index (χ0n) is 73.0. The van der Waals surface area contributed by atoms with Crippen molar-refractivity contribution in [3.8, 4) is 30.6 Å². The van der Waals surface area contributed by atoms with Crippen LogP contribution in [0, 0.1) is 24.9 Å². The number of terminal acetylenes is 2. The lowest BCUT2D eigenvalue weighted by Crippen LogP contribution is -2.51. The molecular weight excluding hydrogens is 1850 g/mol. The van der Waals surface area contributed by atoms with Crippen LogP contribution >= 0.6 is 78.4 Å². The molecule has 0 fully saturated rings. The van der Waals surface area contributed by atoms with Crippen molar-refractivity contribution in [2.24, 2.45) is 5.11 Å². The van der Waals surface area contributed by atoms with Crippen LogP contribution in [0.2, 0.25) is 0 Å². The monoisotopic (exact) mass is 1970 g/mol. The Morgan fingerprint density at radius 3 is 1.18 bits per heavy atom. The van der Waals surface area contributed by atoms with Crippen LogP contribution in [0.3, 0.4) is 0 Å². The molecule has 1 heterocycles. The van der Waals surface area contributed by atoms with Crippen LogP contribution in [0.25, 0.3) is 16.1 Å². The minimum absolute atomic E-state index is 0. The summed E-state index contributed by atoms with van der Waals surface area (Å²) in [4.78, 5) is 164. The molecule has 4 unspecified atom stereocenters. The Morgan fingerprint density at radius 1 is 0.473 bits per heavy atom. The van der Waals surface area contributed by atoms with Crippen LogP contribution in [-0.4, -0.2) is 289 Å². The second kappa shape index (κ2) is 80.0.